The molecule has 0 bridgehead atoms. The number of nitrogens with one attached hydrogen (secondary N) is 1. The third-order valence-electron chi connectivity index (χ3n) is 1.82. The van der Waals surface area contributed by atoms with Gasteiger partial charge >= 0.3 is 0 Å². The number of halogens is 1. The topological polar surface area (TPSA) is 52.9 Å². The van der Waals surface area contributed by atoms with Gasteiger partial charge in [-0.1, -0.05) is 18.5 Å². The number of thioether (sulfide) groups is 1. The van der Waals surface area contributed by atoms with Crippen LogP contribution in [0.5, 0.6) is 0 Å². The van der Waals surface area contributed by atoms with E-state index in [4.69, 9.17) is 16.9 Å². The highest BCUT2D eigenvalue weighted by molar-refractivity contribution is 7.99. The first-order valence-electron chi connectivity index (χ1n) is 4.76. The second-order valence-electron chi connectivity index (χ2n) is 2.91. The van der Waals surface area contributed by atoms with Gasteiger partial charge in [0.05, 0.1) is 11.6 Å². The van der Waals surface area contributed by atoms with E-state index in [0.29, 0.717) is 10.6 Å². The van der Waals surface area contributed by atoms with Crippen LogP contribution in [-0.2, 0) is 0 Å². The number of benzene rings is 1. The molecule has 0 saturated heterocycles. The summed E-state index contributed by atoms with van der Waals surface area (Å²) in [7, 11) is 0. The number of nitrogens with zero attached hydrogens (tertiary/aromatic N) is 1. The van der Waals surface area contributed by atoms with Gasteiger partial charge in [0.15, 0.2) is 0 Å². The molecule has 84 valence electrons. The highest BCUT2D eigenvalue weighted by atomic mass is 35.5. The fourth-order valence-electron chi connectivity index (χ4n) is 1.17. The molecule has 16 heavy (non-hydrogen) atoms. The predicted molar refractivity (Wildman–Crippen MR) is 65.8 cm³/mol. The van der Waals surface area contributed by atoms with Crippen LogP contribution in [0.2, 0.25) is 5.02 Å². The van der Waals surface area contributed by atoms with E-state index in [1.807, 2.05) is 13.0 Å². The van der Waals surface area contributed by atoms with Gasteiger partial charge in [0.2, 0.25) is 0 Å². The second-order valence-corrected chi connectivity index (χ2v) is 4.66. The van der Waals surface area contributed by atoms with Crippen molar-refractivity contribution in [2.24, 2.45) is 0 Å². The Bertz CT molecular complexity index is 428. The van der Waals surface area contributed by atoms with E-state index in [1.165, 1.54) is 0 Å². The maximum absolute atomic E-state index is 11.7. The predicted octanol–water partition coefficient (Wildman–Crippen LogP) is 2.71. The van der Waals surface area contributed by atoms with Crippen molar-refractivity contribution in [2.45, 2.75) is 11.8 Å². The van der Waals surface area contributed by atoms with Crippen molar-refractivity contribution in [2.75, 3.05) is 12.3 Å². The summed E-state index contributed by atoms with van der Waals surface area (Å²) >= 11 is 7.41. The molecule has 0 aromatic heterocycles. The third kappa shape index (κ3) is 3.44. The zero-order chi connectivity index (χ0) is 12.0. The van der Waals surface area contributed by atoms with E-state index in [9.17, 15) is 4.79 Å². The van der Waals surface area contributed by atoms with Crippen LogP contribution in [0.15, 0.2) is 23.1 Å². The van der Waals surface area contributed by atoms with Gasteiger partial charge in [0.1, 0.15) is 6.54 Å². The minimum Gasteiger partial charge on any atom is -0.339 e. The average molecular weight is 255 g/mol. The molecule has 1 amide bonds. The lowest BCUT2D eigenvalue weighted by Crippen LogP contribution is -2.24. The van der Waals surface area contributed by atoms with Gasteiger partial charge in [-0.05, 0) is 24.0 Å². The Morgan fingerprint density at radius 2 is 2.38 bits per heavy atom. The quantitative estimate of drug-likeness (QED) is 0.664. The second kappa shape index (κ2) is 6.41. The molecule has 0 heterocycles. The lowest BCUT2D eigenvalue weighted by atomic mass is 10.2. The summed E-state index contributed by atoms with van der Waals surface area (Å²) in [5.74, 6) is 0.618. The summed E-state index contributed by atoms with van der Waals surface area (Å²) in [5.41, 5.74) is 0.562. The molecule has 0 atom stereocenters. The highest BCUT2D eigenvalue weighted by Crippen LogP contribution is 2.26. The number of rotatable bonds is 4. The number of nitriles is 1. The van der Waals surface area contributed by atoms with Crippen LogP contribution < -0.4 is 5.32 Å². The number of carbonyl (C=O) groups excluding carboxylic acids is 1. The number of amides is 1. The largest absolute Gasteiger partial charge is 0.339 e. The Morgan fingerprint density at radius 1 is 1.62 bits per heavy atom. The van der Waals surface area contributed by atoms with E-state index < -0.39 is 0 Å². The summed E-state index contributed by atoms with van der Waals surface area (Å²) in [4.78, 5) is 12.5. The average Bonchev–Trinajstić information content (AvgIpc) is 2.26. The minimum absolute atomic E-state index is 0.0116. The van der Waals surface area contributed by atoms with Gasteiger partial charge in [0.25, 0.3) is 5.91 Å². The zero-order valence-corrected chi connectivity index (χ0v) is 10.4. The van der Waals surface area contributed by atoms with Gasteiger partial charge in [-0.25, -0.2) is 0 Å². The number of carbonyl (C=O) groups is 1. The molecule has 0 unspecified atom stereocenters. The molecule has 0 spiro atoms. The molecule has 0 aliphatic rings. The first-order valence-corrected chi connectivity index (χ1v) is 6.13. The van der Waals surface area contributed by atoms with Crippen molar-refractivity contribution in [1.29, 1.82) is 5.26 Å². The number of hydrogen-bond donors (Lipinski definition) is 1. The normalized spacial score (nSPS) is 9.56. The fourth-order valence-corrected chi connectivity index (χ4v) is 2.25. The van der Waals surface area contributed by atoms with Gasteiger partial charge in [0, 0.05) is 9.92 Å². The monoisotopic (exact) mass is 254 g/mol. The van der Waals surface area contributed by atoms with Gasteiger partial charge in [-0.3, -0.25) is 4.79 Å². The molecule has 0 radical (unpaired) electrons. The first-order chi connectivity index (χ1) is 7.69. The lowest BCUT2D eigenvalue weighted by Gasteiger charge is -2.07. The van der Waals surface area contributed by atoms with Crippen molar-refractivity contribution < 1.29 is 4.79 Å². The van der Waals surface area contributed by atoms with Crippen molar-refractivity contribution in [3.8, 4) is 6.07 Å². The van der Waals surface area contributed by atoms with E-state index in [1.54, 1.807) is 30.0 Å². The van der Waals surface area contributed by atoms with Crippen molar-refractivity contribution >= 4 is 29.3 Å². The Hall–Kier alpha value is -1.18. The van der Waals surface area contributed by atoms with Crippen LogP contribution in [0.3, 0.4) is 0 Å². The van der Waals surface area contributed by atoms with Crippen LogP contribution in [0.4, 0.5) is 0 Å². The molecule has 5 heteroatoms. The van der Waals surface area contributed by atoms with Gasteiger partial charge < -0.3 is 5.32 Å². The Balaban J connectivity index is 2.94. The molecule has 3 nitrogen and oxygen atoms in total. The smallest absolute Gasteiger partial charge is 0.253 e. The molecule has 0 fully saturated rings. The van der Waals surface area contributed by atoms with E-state index in [2.05, 4.69) is 5.32 Å². The van der Waals surface area contributed by atoms with E-state index >= 15 is 0 Å². The maximum Gasteiger partial charge on any atom is 0.253 e. The summed E-state index contributed by atoms with van der Waals surface area (Å²) in [5, 5.41) is 11.5. The van der Waals surface area contributed by atoms with Gasteiger partial charge in [-0.15, -0.1) is 11.8 Å². The van der Waals surface area contributed by atoms with Crippen LogP contribution in [0.25, 0.3) is 0 Å². The Morgan fingerprint density at radius 3 is 3.00 bits per heavy atom. The molecule has 0 saturated carbocycles. The van der Waals surface area contributed by atoms with Crippen molar-refractivity contribution in [1.82, 2.24) is 5.32 Å². The third-order valence-corrected chi connectivity index (χ3v) is 2.99. The molecule has 0 aliphatic heterocycles. The molecular weight excluding hydrogens is 244 g/mol. The van der Waals surface area contributed by atoms with Crippen LogP contribution >= 0.6 is 23.4 Å². The summed E-state index contributed by atoms with van der Waals surface area (Å²) < 4.78 is 0. The molecule has 1 rings (SSSR count). The van der Waals surface area contributed by atoms with Crippen molar-refractivity contribution in [3.05, 3.63) is 28.8 Å². The molecular formula is C11H11ClN2OS. The summed E-state index contributed by atoms with van der Waals surface area (Å²) in [6.45, 7) is 2.01. The Labute approximate surface area is 104 Å². The van der Waals surface area contributed by atoms with Crippen LogP contribution in [0.1, 0.15) is 17.3 Å². The van der Waals surface area contributed by atoms with Gasteiger partial charge in [-0.2, -0.15) is 5.26 Å². The van der Waals surface area contributed by atoms with Crippen molar-refractivity contribution in [3.63, 3.8) is 0 Å². The molecule has 1 aromatic carbocycles. The summed E-state index contributed by atoms with van der Waals surface area (Å²) in [6.07, 6.45) is 0. The van der Waals surface area contributed by atoms with Crippen LogP contribution in [-0.4, -0.2) is 18.2 Å². The maximum atomic E-state index is 11.7. The van der Waals surface area contributed by atoms with E-state index in [0.717, 1.165) is 10.6 Å². The van der Waals surface area contributed by atoms with E-state index in [-0.39, 0.29) is 12.5 Å². The molecule has 1 N–H and O–H groups in total. The fraction of sp³-hybridized carbons (Fsp3) is 0.273. The molecule has 0 aliphatic carbocycles. The SMILES string of the molecule is CCSc1cc(Cl)ccc1C(=O)NCC#N. The highest BCUT2D eigenvalue weighted by Gasteiger charge is 2.11. The minimum atomic E-state index is -0.242. The van der Waals surface area contributed by atoms with Crippen LogP contribution in [0, 0.1) is 11.3 Å². The number of hydrogen-bond acceptors (Lipinski definition) is 3. The molecule has 1 aromatic rings. The lowest BCUT2D eigenvalue weighted by molar-refractivity contribution is 0.0955. The summed E-state index contributed by atoms with van der Waals surface area (Å²) in [6, 6.07) is 6.97. The Kier molecular flexibility index (Phi) is 5.17. The standard InChI is InChI=1S/C11H11ClN2OS/c1-2-16-10-7-8(12)3-4-9(10)11(15)14-6-5-13/h3-4,7H,2,6H2,1H3,(H,14,15). The first kappa shape index (κ1) is 12.9. The zero-order valence-electron chi connectivity index (χ0n) is 8.79.